The van der Waals surface area contributed by atoms with Crippen LogP contribution >= 0.6 is 0 Å². The van der Waals surface area contributed by atoms with Gasteiger partial charge in [0.1, 0.15) is 5.82 Å². The Morgan fingerprint density at radius 3 is 2.72 bits per heavy atom. The van der Waals surface area contributed by atoms with Crippen molar-refractivity contribution in [3.8, 4) is 12.3 Å². The first kappa shape index (κ1) is 14.0. The van der Waals surface area contributed by atoms with Gasteiger partial charge in [0, 0.05) is 32.8 Å². The van der Waals surface area contributed by atoms with Crippen LogP contribution in [-0.2, 0) is 0 Å². The fourth-order valence-electron chi connectivity index (χ4n) is 1.51. The first-order chi connectivity index (χ1) is 8.58. The van der Waals surface area contributed by atoms with Crippen LogP contribution in [0.25, 0.3) is 0 Å². The molecule has 1 aromatic rings. The Kier molecular flexibility index (Phi) is 5.19. The number of nitrogens with one attached hydrogen (secondary N) is 1. The molecule has 0 spiro atoms. The van der Waals surface area contributed by atoms with E-state index in [0.717, 1.165) is 12.2 Å². The van der Waals surface area contributed by atoms with E-state index >= 15 is 0 Å². The lowest BCUT2D eigenvalue weighted by molar-refractivity contribution is 0.0827. The Hall–Kier alpha value is -2.02. The minimum atomic E-state index is -0.0512. The molecule has 1 heterocycles. The van der Waals surface area contributed by atoms with Crippen LogP contribution in [0.1, 0.15) is 30.1 Å². The van der Waals surface area contributed by atoms with E-state index in [1.54, 1.807) is 32.4 Å². The molecule has 0 saturated carbocycles. The highest BCUT2D eigenvalue weighted by molar-refractivity contribution is 5.93. The van der Waals surface area contributed by atoms with E-state index in [4.69, 9.17) is 6.42 Å². The van der Waals surface area contributed by atoms with Crippen molar-refractivity contribution in [3.63, 3.8) is 0 Å². The fraction of sp³-hybridized carbons (Fsp3) is 0.429. The van der Waals surface area contributed by atoms with Crippen LogP contribution in [0.15, 0.2) is 18.3 Å². The van der Waals surface area contributed by atoms with Crippen LogP contribution in [0.3, 0.4) is 0 Å². The Labute approximate surface area is 108 Å². The molecule has 1 rings (SSSR count). The molecular formula is C14H19N3O. The minimum absolute atomic E-state index is 0.0512. The molecule has 0 fully saturated rings. The number of amides is 1. The van der Waals surface area contributed by atoms with Crippen molar-refractivity contribution in [3.05, 3.63) is 23.9 Å². The van der Waals surface area contributed by atoms with Crippen molar-refractivity contribution in [2.75, 3.05) is 19.4 Å². The second-order valence-electron chi connectivity index (χ2n) is 4.29. The zero-order valence-corrected chi connectivity index (χ0v) is 11.1. The van der Waals surface area contributed by atoms with Gasteiger partial charge in [-0.25, -0.2) is 4.98 Å². The molecule has 96 valence electrons. The minimum Gasteiger partial charge on any atom is -0.366 e. The summed E-state index contributed by atoms with van der Waals surface area (Å²) < 4.78 is 0. The van der Waals surface area contributed by atoms with Crippen LogP contribution in [0, 0.1) is 12.3 Å². The monoisotopic (exact) mass is 245 g/mol. The smallest absolute Gasteiger partial charge is 0.254 e. The third kappa shape index (κ3) is 3.77. The maximum absolute atomic E-state index is 11.7. The average Bonchev–Trinajstić information content (AvgIpc) is 2.38. The highest BCUT2D eigenvalue weighted by Crippen LogP contribution is 2.10. The summed E-state index contributed by atoms with van der Waals surface area (Å²) in [6.45, 7) is 2.07. The van der Waals surface area contributed by atoms with Crippen LogP contribution in [0.5, 0.6) is 0 Å². The number of carbonyl (C=O) groups is 1. The summed E-state index contributed by atoms with van der Waals surface area (Å²) in [5, 5.41) is 3.25. The molecule has 4 heteroatoms. The zero-order chi connectivity index (χ0) is 13.5. The first-order valence-electron chi connectivity index (χ1n) is 5.96. The van der Waals surface area contributed by atoms with Crippen LogP contribution in [0.4, 0.5) is 5.82 Å². The van der Waals surface area contributed by atoms with E-state index in [2.05, 4.69) is 23.1 Å². The average molecular weight is 245 g/mol. The number of carbonyl (C=O) groups excluding carboxylic acids is 1. The summed E-state index contributed by atoms with van der Waals surface area (Å²) in [5.74, 6) is 3.32. The number of anilines is 1. The summed E-state index contributed by atoms with van der Waals surface area (Å²) in [4.78, 5) is 17.4. The lowest BCUT2D eigenvalue weighted by atomic mass is 10.1. The molecule has 0 radical (unpaired) electrons. The van der Waals surface area contributed by atoms with Crippen molar-refractivity contribution in [1.29, 1.82) is 0 Å². The van der Waals surface area contributed by atoms with Crippen molar-refractivity contribution in [2.24, 2.45) is 0 Å². The van der Waals surface area contributed by atoms with E-state index < -0.39 is 0 Å². The molecule has 0 bridgehead atoms. The van der Waals surface area contributed by atoms with E-state index in [1.165, 1.54) is 4.90 Å². The van der Waals surface area contributed by atoms with Gasteiger partial charge in [-0.15, -0.1) is 12.3 Å². The van der Waals surface area contributed by atoms with Crippen molar-refractivity contribution >= 4 is 11.7 Å². The highest BCUT2D eigenvalue weighted by Gasteiger charge is 2.09. The number of terminal acetylenes is 1. The van der Waals surface area contributed by atoms with Gasteiger partial charge in [0.15, 0.2) is 0 Å². The zero-order valence-electron chi connectivity index (χ0n) is 11.1. The van der Waals surface area contributed by atoms with Gasteiger partial charge in [-0.05, 0) is 18.6 Å². The summed E-state index contributed by atoms with van der Waals surface area (Å²) >= 11 is 0. The maximum atomic E-state index is 11.7. The van der Waals surface area contributed by atoms with E-state index in [9.17, 15) is 4.79 Å². The molecular weight excluding hydrogens is 226 g/mol. The molecule has 0 aliphatic carbocycles. The second kappa shape index (κ2) is 6.65. The van der Waals surface area contributed by atoms with Gasteiger partial charge in [0.25, 0.3) is 5.91 Å². The Morgan fingerprint density at radius 2 is 2.28 bits per heavy atom. The third-order valence-electron chi connectivity index (χ3n) is 2.63. The normalized spacial score (nSPS) is 11.4. The Bertz CT molecular complexity index is 431. The fourth-order valence-corrected chi connectivity index (χ4v) is 1.51. The lowest BCUT2D eigenvalue weighted by Crippen LogP contribution is -2.22. The summed E-state index contributed by atoms with van der Waals surface area (Å²) in [5.41, 5.74) is 0.579. The molecule has 0 aliphatic heterocycles. The Balaban J connectivity index is 2.71. The summed E-state index contributed by atoms with van der Waals surface area (Å²) in [6, 6.07) is 3.79. The molecule has 1 N–H and O–H groups in total. The van der Waals surface area contributed by atoms with E-state index in [0.29, 0.717) is 12.0 Å². The van der Waals surface area contributed by atoms with Gasteiger partial charge >= 0.3 is 0 Å². The lowest BCUT2D eigenvalue weighted by Gasteiger charge is -2.15. The van der Waals surface area contributed by atoms with Gasteiger partial charge in [0.05, 0.1) is 5.56 Å². The van der Waals surface area contributed by atoms with Gasteiger partial charge < -0.3 is 10.2 Å². The molecule has 18 heavy (non-hydrogen) atoms. The van der Waals surface area contributed by atoms with Crippen LogP contribution < -0.4 is 5.32 Å². The van der Waals surface area contributed by atoms with Gasteiger partial charge in [-0.1, -0.05) is 6.92 Å². The molecule has 0 saturated heterocycles. The standard InChI is InChI=1S/C14H19N3O/c1-5-7-12(6-2)16-13-9-8-11(10-15-13)14(18)17(3)4/h1,8-10,12H,6-7H2,2-4H3,(H,15,16). The number of hydrogen-bond acceptors (Lipinski definition) is 3. The van der Waals surface area contributed by atoms with E-state index in [1.807, 2.05) is 0 Å². The molecule has 0 aromatic carbocycles. The van der Waals surface area contributed by atoms with Crippen molar-refractivity contribution in [2.45, 2.75) is 25.8 Å². The molecule has 1 atom stereocenters. The van der Waals surface area contributed by atoms with Crippen LogP contribution in [0.2, 0.25) is 0 Å². The highest BCUT2D eigenvalue weighted by atomic mass is 16.2. The van der Waals surface area contributed by atoms with Crippen LogP contribution in [-0.4, -0.2) is 35.9 Å². The number of hydrogen-bond donors (Lipinski definition) is 1. The number of pyridine rings is 1. The summed E-state index contributed by atoms with van der Waals surface area (Å²) in [7, 11) is 3.43. The predicted octanol–water partition coefficient (Wildman–Crippen LogP) is 2.00. The SMILES string of the molecule is C#CCC(CC)Nc1ccc(C(=O)N(C)C)cn1. The van der Waals surface area contributed by atoms with Crippen molar-refractivity contribution in [1.82, 2.24) is 9.88 Å². The van der Waals surface area contributed by atoms with Gasteiger partial charge in [-0.3, -0.25) is 4.79 Å². The third-order valence-corrected chi connectivity index (χ3v) is 2.63. The van der Waals surface area contributed by atoms with Gasteiger partial charge in [0.2, 0.25) is 0 Å². The van der Waals surface area contributed by atoms with E-state index in [-0.39, 0.29) is 11.9 Å². The first-order valence-corrected chi connectivity index (χ1v) is 5.96. The molecule has 0 aliphatic rings. The summed E-state index contributed by atoms with van der Waals surface area (Å²) in [6.07, 6.45) is 8.47. The molecule has 1 unspecified atom stereocenters. The molecule has 1 amide bonds. The number of rotatable bonds is 5. The predicted molar refractivity (Wildman–Crippen MR) is 73.4 cm³/mol. The van der Waals surface area contributed by atoms with Crippen molar-refractivity contribution < 1.29 is 4.79 Å². The number of nitrogens with zero attached hydrogens (tertiary/aromatic N) is 2. The largest absolute Gasteiger partial charge is 0.366 e. The van der Waals surface area contributed by atoms with Gasteiger partial charge in [-0.2, -0.15) is 0 Å². The maximum Gasteiger partial charge on any atom is 0.254 e. The molecule has 1 aromatic heterocycles. The molecule has 4 nitrogen and oxygen atoms in total. The second-order valence-corrected chi connectivity index (χ2v) is 4.29. The quantitative estimate of drug-likeness (QED) is 0.807. The number of aromatic nitrogens is 1. The topological polar surface area (TPSA) is 45.2 Å². The Morgan fingerprint density at radius 1 is 1.56 bits per heavy atom.